The molecule has 0 aliphatic carbocycles. The lowest BCUT2D eigenvalue weighted by atomic mass is 10.2. The van der Waals surface area contributed by atoms with Crippen LogP contribution in [0, 0.1) is 11.3 Å². The van der Waals surface area contributed by atoms with Crippen LogP contribution in [-0.4, -0.2) is 28.4 Å². The Kier molecular flexibility index (Phi) is 6.59. The zero-order valence-electron chi connectivity index (χ0n) is 13.4. The molecule has 0 saturated carbocycles. The van der Waals surface area contributed by atoms with Crippen molar-refractivity contribution in [3.8, 4) is 11.8 Å². The number of amides is 1. The first-order chi connectivity index (χ1) is 11.6. The van der Waals surface area contributed by atoms with Crippen molar-refractivity contribution in [2.75, 3.05) is 6.54 Å². The number of pyridine rings is 1. The van der Waals surface area contributed by atoms with Gasteiger partial charge in [-0.15, -0.1) is 0 Å². The van der Waals surface area contributed by atoms with Gasteiger partial charge in [-0.25, -0.2) is 0 Å². The fraction of sp³-hybridized carbons (Fsp3) is 0.278. The second kappa shape index (κ2) is 8.90. The molecule has 1 unspecified atom stereocenters. The molecule has 24 heavy (non-hydrogen) atoms. The van der Waals surface area contributed by atoms with Crippen LogP contribution in [0.1, 0.15) is 18.9 Å². The molecule has 0 spiro atoms. The summed E-state index contributed by atoms with van der Waals surface area (Å²) < 4.78 is 5.68. The van der Waals surface area contributed by atoms with Gasteiger partial charge in [0.25, 0.3) is 5.91 Å². The number of carbonyl (C=O) groups is 1. The maximum Gasteiger partial charge on any atom is 0.263 e. The molecule has 0 bridgehead atoms. The average Bonchev–Trinajstić information content (AvgIpc) is 2.59. The fourth-order valence-electron chi connectivity index (χ4n) is 2.22. The van der Waals surface area contributed by atoms with Crippen LogP contribution >= 0.6 is 11.6 Å². The molecule has 1 aromatic carbocycles. The summed E-state index contributed by atoms with van der Waals surface area (Å²) in [7, 11) is 0. The smallest absolute Gasteiger partial charge is 0.263 e. The van der Waals surface area contributed by atoms with E-state index in [0.29, 0.717) is 23.9 Å². The van der Waals surface area contributed by atoms with E-state index in [1.54, 1.807) is 48.5 Å². The summed E-state index contributed by atoms with van der Waals surface area (Å²) in [6, 6.07) is 12.7. The van der Waals surface area contributed by atoms with Crippen LogP contribution in [-0.2, 0) is 11.3 Å². The highest BCUT2D eigenvalue weighted by Gasteiger charge is 2.22. The molecule has 124 valence electrons. The molecule has 2 aromatic rings. The molecule has 6 heteroatoms. The number of rotatable bonds is 7. The number of ether oxygens (including phenoxy) is 1. The molecule has 1 aromatic heterocycles. The Bertz CT molecular complexity index is 716. The van der Waals surface area contributed by atoms with E-state index >= 15 is 0 Å². The third-order valence-corrected chi connectivity index (χ3v) is 3.59. The Morgan fingerprint density at radius 3 is 2.92 bits per heavy atom. The molecular formula is C18H18ClN3O2. The van der Waals surface area contributed by atoms with Crippen LogP contribution in [0.2, 0.25) is 5.02 Å². The summed E-state index contributed by atoms with van der Waals surface area (Å²) in [5.41, 5.74) is 0.902. The van der Waals surface area contributed by atoms with Crippen LogP contribution in [0.25, 0.3) is 0 Å². The van der Waals surface area contributed by atoms with Crippen molar-refractivity contribution < 1.29 is 9.53 Å². The van der Waals surface area contributed by atoms with Gasteiger partial charge in [0.2, 0.25) is 0 Å². The molecule has 0 radical (unpaired) electrons. The van der Waals surface area contributed by atoms with E-state index in [2.05, 4.69) is 11.1 Å². The van der Waals surface area contributed by atoms with Crippen molar-refractivity contribution in [1.82, 2.24) is 9.88 Å². The molecule has 0 aliphatic rings. The highest BCUT2D eigenvalue weighted by molar-refractivity contribution is 6.30. The third-order valence-electron chi connectivity index (χ3n) is 3.36. The van der Waals surface area contributed by atoms with E-state index in [9.17, 15) is 4.79 Å². The first-order valence-corrected chi connectivity index (χ1v) is 7.95. The molecule has 2 rings (SSSR count). The molecule has 1 atom stereocenters. The molecule has 5 nitrogen and oxygen atoms in total. The Morgan fingerprint density at radius 2 is 2.25 bits per heavy atom. The second-order valence-electron chi connectivity index (χ2n) is 5.25. The number of nitrogens with zero attached hydrogens (tertiary/aromatic N) is 3. The summed E-state index contributed by atoms with van der Waals surface area (Å²) in [5, 5.41) is 9.37. The van der Waals surface area contributed by atoms with Gasteiger partial charge in [-0.3, -0.25) is 9.78 Å². The summed E-state index contributed by atoms with van der Waals surface area (Å²) >= 11 is 5.93. The zero-order valence-corrected chi connectivity index (χ0v) is 14.1. The largest absolute Gasteiger partial charge is 0.481 e. The summed E-state index contributed by atoms with van der Waals surface area (Å²) in [6.45, 7) is 2.41. The molecular weight excluding hydrogens is 326 g/mol. The zero-order chi connectivity index (χ0) is 17.4. The van der Waals surface area contributed by atoms with Crippen molar-refractivity contribution in [2.45, 2.75) is 26.0 Å². The van der Waals surface area contributed by atoms with E-state index < -0.39 is 6.10 Å². The van der Waals surface area contributed by atoms with Gasteiger partial charge >= 0.3 is 0 Å². The van der Waals surface area contributed by atoms with Crippen molar-refractivity contribution in [3.63, 3.8) is 0 Å². The van der Waals surface area contributed by atoms with Gasteiger partial charge in [-0.05, 0) is 36.8 Å². The standard InChI is InChI=1S/C18H18ClN3O2/c1-14(24-17-7-2-6-16(19)11-17)18(23)22(10-4-8-20)13-15-5-3-9-21-12-15/h2-3,5-7,9,11-12,14H,4,10,13H2,1H3. The number of halogens is 1. The van der Waals surface area contributed by atoms with E-state index in [-0.39, 0.29) is 12.3 Å². The van der Waals surface area contributed by atoms with Crippen LogP contribution in [0.3, 0.4) is 0 Å². The van der Waals surface area contributed by atoms with E-state index in [0.717, 1.165) is 5.56 Å². The molecule has 1 amide bonds. The SMILES string of the molecule is CC(Oc1cccc(Cl)c1)C(=O)N(CCC#N)Cc1cccnc1. The van der Waals surface area contributed by atoms with Crippen molar-refractivity contribution >= 4 is 17.5 Å². The molecule has 0 fully saturated rings. The number of benzene rings is 1. The predicted molar refractivity (Wildman–Crippen MR) is 91.4 cm³/mol. The second-order valence-corrected chi connectivity index (χ2v) is 5.68. The van der Waals surface area contributed by atoms with Gasteiger partial charge in [0.05, 0.1) is 12.5 Å². The number of hydrogen-bond donors (Lipinski definition) is 0. The maximum absolute atomic E-state index is 12.7. The number of carbonyl (C=O) groups excluding carboxylic acids is 1. The minimum atomic E-state index is -0.682. The first kappa shape index (κ1) is 17.8. The summed E-state index contributed by atoms with van der Waals surface area (Å²) in [4.78, 5) is 18.3. The molecule has 0 saturated heterocycles. The lowest BCUT2D eigenvalue weighted by Gasteiger charge is -2.25. The van der Waals surface area contributed by atoms with Crippen LogP contribution in [0.15, 0.2) is 48.8 Å². The highest BCUT2D eigenvalue weighted by Crippen LogP contribution is 2.19. The fourth-order valence-corrected chi connectivity index (χ4v) is 2.40. The first-order valence-electron chi connectivity index (χ1n) is 7.57. The molecule has 0 aliphatic heterocycles. The predicted octanol–water partition coefficient (Wildman–Crippen LogP) is 3.44. The molecule has 1 heterocycles. The number of aromatic nitrogens is 1. The van der Waals surface area contributed by atoms with Crippen LogP contribution < -0.4 is 4.74 Å². The van der Waals surface area contributed by atoms with Gasteiger partial charge in [0, 0.05) is 30.5 Å². The van der Waals surface area contributed by atoms with Crippen molar-refractivity contribution in [1.29, 1.82) is 5.26 Å². The van der Waals surface area contributed by atoms with Gasteiger partial charge in [0.15, 0.2) is 6.10 Å². The van der Waals surface area contributed by atoms with Gasteiger partial charge in [-0.1, -0.05) is 23.7 Å². The van der Waals surface area contributed by atoms with E-state index in [4.69, 9.17) is 21.6 Å². The minimum absolute atomic E-state index is 0.186. The quantitative estimate of drug-likeness (QED) is 0.772. The maximum atomic E-state index is 12.7. The average molecular weight is 344 g/mol. The van der Waals surface area contributed by atoms with Gasteiger partial charge < -0.3 is 9.64 Å². The van der Waals surface area contributed by atoms with Gasteiger partial charge in [0.1, 0.15) is 5.75 Å². The normalized spacial score (nSPS) is 11.4. The number of hydrogen-bond acceptors (Lipinski definition) is 4. The molecule has 0 N–H and O–H groups in total. The Morgan fingerprint density at radius 1 is 1.42 bits per heavy atom. The Hall–Kier alpha value is -2.58. The van der Waals surface area contributed by atoms with E-state index in [1.807, 2.05) is 12.1 Å². The van der Waals surface area contributed by atoms with Gasteiger partial charge in [-0.2, -0.15) is 5.26 Å². The van der Waals surface area contributed by atoms with Crippen LogP contribution in [0.5, 0.6) is 5.75 Å². The number of nitriles is 1. The summed E-state index contributed by atoms with van der Waals surface area (Å²) in [6.07, 6.45) is 2.96. The van der Waals surface area contributed by atoms with Crippen molar-refractivity contribution in [3.05, 3.63) is 59.4 Å². The lowest BCUT2D eigenvalue weighted by molar-refractivity contribution is -0.138. The Balaban J connectivity index is 2.06. The summed E-state index contributed by atoms with van der Waals surface area (Å²) in [5.74, 6) is 0.346. The van der Waals surface area contributed by atoms with Crippen molar-refractivity contribution in [2.24, 2.45) is 0 Å². The topological polar surface area (TPSA) is 66.2 Å². The lowest BCUT2D eigenvalue weighted by Crippen LogP contribution is -2.40. The minimum Gasteiger partial charge on any atom is -0.481 e. The monoisotopic (exact) mass is 343 g/mol. The van der Waals surface area contributed by atoms with Crippen LogP contribution in [0.4, 0.5) is 0 Å². The Labute approximate surface area is 146 Å². The van der Waals surface area contributed by atoms with E-state index in [1.165, 1.54) is 0 Å². The third kappa shape index (κ3) is 5.25. The highest BCUT2D eigenvalue weighted by atomic mass is 35.5.